The Hall–Kier alpha value is -1.57. The lowest BCUT2D eigenvalue weighted by molar-refractivity contribution is 0.00578. The zero-order valence-corrected chi connectivity index (χ0v) is 14.8. The number of hydrogen-bond acceptors (Lipinski definition) is 5. The van der Waals surface area contributed by atoms with Crippen LogP contribution in [0.2, 0.25) is 0 Å². The number of ether oxygens (including phenoxy) is 1. The smallest absolute Gasteiger partial charge is 0.399 e. The first-order valence-electron chi connectivity index (χ1n) is 8.33. The van der Waals surface area contributed by atoms with E-state index in [1.807, 2.05) is 33.8 Å². The van der Waals surface area contributed by atoms with E-state index in [0.29, 0.717) is 37.6 Å². The molecule has 0 radical (unpaired) electrons. The Bertz CT molecular complexity index is 625. The SMILES string of the molecule is CC1(C)OB(c2cc(N)cc(C(=O)N3CCOCC3)c2)OC1(C)C. The summed E-state index contributed by atoms with van der Waals surface area (Å²) in [4.78, 5) is 14.5. The molecule has 0 bridgehead atoms. The number of nitrogen functional groups attached to an aromatic ring is 1. The predicted octanol–water partition coefficient (Wildman–Crippen LogP) is 1.04. The average Bonchev–Trinajstić information content (AvgIpc) is 2.75. The zero-order valence-electron chi connectivity index (χ0n) is 14.8. The van der Waals surface area contributed by atoms with Crippen molar-refractivity contribution in [1.29, 1.82) is 0 Å². The number of nitrogens with two attached hydrogens (primary N) is 1. The number of anilines is 1. The van der Waals surface area contributed by atoms with E-state index in [0.717, 1.165) is 5.46 Å². The lowest BCUT2D eigenvalue weighted by Crippen LogP contribution is -2.41. The van der Waals surface area contributed by atoms with Crippen LogP contribution < -0.4 is 11.2 Å². The summed E-state index contributed by atoms with van der Waals surface area (Å²) in [6, 6.07) is 5.32. The maximum Gasteiger partial charge on any atom is 0.494 e. The average molecular weight is 332 g/mol. The van der Waals surface area contributed by atoms with Crippen LogP contribution in [0.1, 0.15) is 38.1 Å². The van der Waals surface area contributed by atoms with Gasteiger partial charge in [-0.15, -0.1) is 0 Å². The molecule has 0 saturated carbocycles. The molecule has 1 aromatic rings. The molecule has 0 unspecified atom stereocenters. The third kappa shape index (κ3) is 3.16. The summed E-state index contributed by atoms with van der Waals surface area (Å²) in [5, 5.41) is 0. The lowest BCUT2D eigenvalue weighted by Gasteiger charge is -2.32. The molecule has 6 nitrogen and oxygen atoms in total. The monoisotopic (exact) mass is 332 g/mol. The topological polar surface area (TPSA) is 74.0 Å². The highest BCUT2D eigenvalue weighted by Gasteiger charge is 2.51. The molecule has 1 amide bonds. The molecule has 7 heteroatoms. The Kier molecular flexibility index (Phi) is 4.36. The summed E-state index contributed by atoms with van der Waals surface area (Å²) < 4.78 is 17.4. The fraction of sp³-hybridized carbons (Fsp3) is 0.588. The summed E-state index contributed by atoms with van der Waals surface area (Å²) in [5.41, 5.74) is 7.01. The summed E-state index contributed by atoms with van der Waals surface area (Å²) in [7, 11) is -0.533. The molecule has 24 heavy (non-hydrogen) atoms. The van der Waals surface area contributed by atoms with Gasteiger partial charge in [-0.05, 0) is 51.4 Å². The normalized spacial score (nSPS) is 22.7. The molecule has 2 aliphatic heterocycles. The second kappa shape index (κ2) is 6.06. The highest BCUT2D eigenvalue weighted by molar-refractivity contribution is 6.62. The van der Waals surface area contributed by atoms with Crippen LogP contribution in [-0.2, 0) is 14.0 Å². The predicted molar refractivity (Wildman–Crippen MR) is 93.3 cm³/mol. The minimum atomic E-state index is -0.533. The molecule has 130 valence electrons. The second-order valence-electron chi connectivity index (χ2n) is 7.38. The van der Waals surface area contributed by atoms with Crippen molar-refractivity contribution in [2.24, 2.45) is 0 Å². The van der Waals surface area contributed by atoms with Crippen molar-refractivity contribution in [3.05, 3.63) is 23.8 Å². The molecule has 0 atom stereocenters. The Morgan fingerprint density at radius 3 is 2.25 bits per heavy atom. The summed E-state index contributed by atoms with van der Waals surface area (Å²) >= 11 is 0. The van der Waals surface area contributed by atoms with Crippen molar-refractivity contribution in [2.75, 3.05) is 32.0 Å². The van der Waals surface area contributed by atoms with Crippen molar-refractivity contribution in [3.8, 4) is 0 Å². The van der Waals surface area contributed by atoms with Gasteiger partial charge in [0.2, 0.25) is 0 Å². The van der Waals surface area contributed by atoms with E-state index in [1.165, 1.54) is 0 Å². The van der Waals surface area contributed by atoms with Crippen molar-refractivity contribution in [3.63, 3.8) is 0 Å². The third-order valence-electron chi connectivity index (χ3n) is 5.05. The van der Waals surface area contributed by atoms with Gasteiger partial charge in [-0.3, -0.25) is 4.79 Å². The number of rotatable bonds is 2. The minimum Gasteiger partial charge on any atom is -0.399 e. The van der Waals surface area contributed by atoms with Crippen LogP contribution >= 0.6 is 0 Å². The maximum atomic E-state index is 12.7. The minimum absolute atomic E-state index is 0.0385. The first kappa shape index (κ1) is 17.3. The highest BCUT2D eigenvalue weighted by atomic mass is 16.7. The zero-order chi connectivity index (χ0) is 17.5. The van der Waals surface area contributed by atoms with Crippen molar-refractivity contribution >= 4 is 24.2 Å². The van der Waals surface area contributed by atoms with Gasteiger partial charge >= 0.3 is 7.12 Å². The fourth-order valence-electron chi connectivity index (χ4n) is 2.86. The van der Waals surface area contributed by atoms with Crippen molar-refractivity contribution < 1.29 is 18.8 Å². The number of hydrogen-bond donors (Lipinski definition) is 1. The summed E-state index contributed by atoms with van der Waals surface area (Å²) in [6.07, 6.45) is 0. The van der Waals surface area contributed by atoms with Crippen LogP contribution in [0, 0.1) is 0 Å². The van der Waals surface area contributed by atoms with E-state index in [9.17, 15) is 4.79 Å². The molecule has 3 rings (SSSR count). The third-order valence-corrected chi connectivity index (χ3v) is 5.05. The van der Waals surface area contributed by atoms with Gasteiger partial charge in [-0.2, -0.15) is 0 Å². The van der Waals surface area contributed by atoms with E-state index in [-0.39, 0.29) is 5.91 Å². The number of morpholine rings is 1. The summed E-state index contributed by atoms with van der Waals surface area (Å²) in [6.45, 7) is 10.3. The van der Waals surface area contributed by atoms with Crippen LogP contribution in [0.15, 0.2) is 18.2 Å². The van der Waals surface area contributed by atoms with Crippen molar-refractivity contribution in [1.82, 2.24) is 4.90 Å². The van der Waals surface area contributed by atoms with E-state index < -0.39 is 18.3 Å². The van der Waals surface area contributed by atoms with Crippen LogP contribution in [0.25, 0.3) is 0 Å². The molecule has 0 aliphatic carbocycles. The molecule has 1 aromatic carbocycles. The number of benzene rings is 1. The van der Waals surface area contributed by atoms with Crippen LogP contribution in [0.3, 0.4) is 0 Å². The van der Waals surface area contributed by atoms with Crippen LogP contribution in [-0.4, -0.2) is 55.4 Å². The second-order valence-corrected chi connectivity index (χ2v) is 7.38. The Labute approximate surface area is 143 Å². The molecule has 2 heterocycles. The van der Waals surface area contributed by atoms with Gasteiger partial charge in [-0.25, -0.2) is 0 Å². The van der Waals surface area contributed by atoms with Crippen molar-refractivity contribution in [2.45, 2.75) is 38.9 Å². The quantitative estimate of drug-likeness (QED) is 0.647. The number of amides is 1. The molecular formula is C17H25BN2O4. The molecule has 2 fully saturated rings. The van der Waals surface area contributed by atoms with Gasteiger partial charge in [0.1, 0.15) is 0 Å². The van der Waals surface area contributed by atoms with Gasteiger partial charge in [0, 0.05) is 24.3 Å². The molecule has 2 saturated heterocycles. The van der Waals surface area contributed by atoms with E-state index in [2.05, 4.69) is 0 Å². The molecular weight excluding hydrogens is 307 g/mol. The van der Waals surface area contributed by atoms with E-state index in [1.54, 1.807) is 17.0 Å². The number of carbonyl (C=O) groups excluding carboxylic acids is 1. The molecule has 2 N–H and O–H groups in total. The first-order chi connectivity index (χ1) is 11.2. The molecule has 0 aromatic heterocycles. The van der Waals surface area contributed by atoms with Gasteiger partial charge in [0.15, 0.2) is 0 Å². The van der Waals surface area contributed by atoms with Crippen LogP contribution in [0.5, 0.6) is 0 Å². The van der Waals surface area contributed by atoms with E-state index >= 15 is 0 Å². The van der Waals surface area contributed by atoms with Gasteiger partial charge < -0.3 is 24.7 Å². The van der Waals surface area contributed by atoms with Gasteiger partial charge in [0.05, 0.1) is 24.4 Å². The van der Waals surface area contributed by atoms with E-state index in [4.69, 9.17) is 19.8 Å². The Morgan fingerprint density at radius 2 is 1.67 bits per heavy atom. The Morgan fingerprint density at radius 1 is 1.08 bits per heavy atom. The first-order valence-corrected chi connectivity index (χ1v) is 8.33. The fourth-order valence-corrected chi connectivity index (χ4v) is 2.86. The molecule has 2 aliphatic rings. The number of nitrogens with zero attached hydrogens (tertiary/aromatic N) is 1. The lowest BCUT2D eigenvalue weighted by atomic mass is 9.78. The van der Waals surface area contributed by atoms with Crippen LogP contribution in [0.4, 0.5) is 5.69 Å². The molecule has 0 spiro atoms. The maximum absolute atomic E-state index is 12.7. The highest BCUT2D eigenvalue weighted by Crippen LogP contribution is 2.36. The van der Waals surface area contributed by atoms with Gasteiger partial charge in [0.25, 0.3) is 5.91 Å². The summed E-state index contributed by atoms with van der Waals surface area (Å²) in [5.74, 6) is -0.0385. The van der Waals surface area contributed by atoms with Gasteiger partial charge in [-0.1, -0.05) is 0 Å². The standard InChI is InChI=1S/C17H25BN2O4/c1-16(2)17(3,4)24-18(23-16)13-9-12(10-14(19)11-13)15(21)20-5-7-22-8-6-20/h9-11H,5-8,19H2,1-4H3. The number of carbonyl (C=O) groups is 1. The Balaban J connectivity index is 1.86. The largest absolute Gasteiger partial charge is 0.494 e.